The van der Waals surface area contributed by atoms with Gasteiger partial charge in [0.2, 0.25) is 0 Å². The normalized spacial score (nSPS) is 13.1. The Morgan fingerprint density at radius 1 is 0.341 bits per heavy atom. The zero-order chi connectivity index (χ0) is 57.1. The minimum atomic E-state index is -0.205. The van der Waals surface area contributed by atoms with Crippen molar-refractivity contribution >= 4 is 123 Å². The van der Waals surface area contributed by atoms with Crippen LogP contribution in [0.1, 0.15) is 101 Å². The fourth-order valence-electron chi connectivity index (χ4n) is 12.4. The minimum Gasteiger partial charge on any atom is -0.311 e. The van der Waals surface area contributed by atoms with Crippen molar-refractivity contribution in [2.45, 2.75) is 106 Å². The topological polar surface area (TPSA) is 13.0 Å². The van der Waals surface area contributed by atoms with Gasteiger partial charge in [-0.3, -0.25) is 0 Å². The molecule has 10 aromatic carbocycles. The molecule has 0 spiro atoms. The fourth-order valence-corrected chi connectivity index (χ4v) is 13.6. The van der Waals surface area contributed by atoms with Gasteiger partial charge in [-0.05, 0) is 186 Å². The minimum absolute atomic E-state index is 0.0135. The molecule has 0 bridgehead atoms. The molecule has 82 heavy (non-hydrogen) atoms. The summed E-state index contributed by atoms with van der Waals surface area (Å²) in [5.74, 6) is 0. The van der Waals surface area contributed by atoms with Gasteiger partial charge < -0.3 is 19.6 Å². The van der Waals surface area contributed by atoms with Crippen molar-refractivity contribution in [3.05, 3.63) is 245 Å². The average Bonchev–Trinajstić information content (AvgIpc) is 2.36. The van der Waals surface area contributed by atoms with Crippen molar-refractivity contribution < 1.29 is 0 Å². The molecule has 6 heteroatoms. The molecule has 3 heterocycles. The number of aryl methyl sites for hydroxylation is 4. The van der Waals surface area contributed by atoms with Crippen molar-refractivity contribution in [1.82, 2.24) is 0 Å². The quantitative estimate of drug-likeness (QED) is 0.141. The molecule has 0 atom stereocenters. The lowest BCUT2D eigenvalue weighted by atomic mass is 9.33. The summed E-state index contributed by atoms with van der Waals surface area (Å²) in [5, 5.41) is 2.51. The Hall–Kier alpha value is -8.32. The summed E-state index contributed by atoms with van der Waals surface area (Å²) in [6.07, 6.45) is 0. The molecule has 11 aromatic rings. The molecule has 0 aliphatic carbocycles. The van der Waals surface area contributed by atoms with Crippen molar-refractivity contribution in [2.75, 3.05) is 19.6 Å². The molecule has 0 fully saturated rings. The molecular weight excluding hydrogens is 1010 g/mol. The second-order valence-electron chi connectivity index (χ2n) is 26.3. The molecule has 406 valence electrons. The van der Waals surface area contributed by atoms with E-state index in [0.717, 1.165) is 39.8 Å². The van der Waals surface area contributed by atoms with Gasteiger partial charge >= 0.3 is 0 Å². The highest BCUT2D eigenvalue weighted by Crippen LogP contribution is 2.53. The predicted molar refractivity (Wildman–Crippen MR) is 358 cm³/mol. The van der Waals surface area contributed by atoms with Crippen molar-refractivity contribution in [1.29, 1.82) is 0 Å². The summed E-state index contributed by atoms with van der Waals surface area (Å²) in [6, 6.07) is 79.2. The van der Waals surface area contributed by atoms with E-state index in [1.165, 1.54) is 104 Å². The molecule has 0 saturated carbocycles. The van der Waals surface area contributed by atoms with Crippen molar-refractivity contribution in [3.8, 4) is 0 Å². The van der Waals surface area contributed by atoms with E-state index in [1.54, 1.807) is 0 Å². The molecule has 0 N–H and O–H groups in total. The van der Waals surface area contributed by atoms with Crippen LogP contribution in [-0.2, 0) is 16.2 Å². The Kier molecular flexibility index (Phi) is 12.7. The second-order valence-corrected chi connectivity index (χ2v) is 27.4. The molecule has 0 unspecified atom stereocenters. The van der Waals surface area contributed by atoms with Gasteiger partial charge in [-0.15, -0.1) is 11.3 Å². The van der Waals surface area contributed by atoms with E-state index in [9.17, 15) is 0 Å². The van der Waals surface area contributed by atoms with Crippen LogP contribution in [-0.4, -0.2) is 6.71 Å². The third-order valence-corrected chi connectivity index (χ3v) is 18.4. The summed E-state index contributed by atoms with van der Waals surface area (Å²) in [5.41, 5.74) is 26.2. The van der Waals surface area contributed by atoms with Crippen LogP contribution in [0.2, 0.25) is 0 Å². The fraction of sp³-hybridized carbons (Fsp3) is 0.211. The largest absolute Gasteiger partial charge is 0.311 e. The van der Waals surface area contributed by atoms with E-state index >= 15 is 0 Å². The Bertz CT molecular complexity index is 4160. The Morgan fingerprint density at radius 2 is 0.805 bits per heavy atom. The lowest BCUT2D eigenvalue weighted by Gasteiger charge is -2.46. The van der Waals surface area contributed by atoms with Gasteiger partial charge in [0.1, 0.15) is 0 Å². The molecule has 0 radical (unpaired) electrons. The summed E-state index contributed by atoms with van der Waals surface area (Å²) < 4.78 is 2.54. The highest BCUT2D eigenvalue weighted by molar-refractivity contribution is 7.26. The highest BCUT2D eigenvalue weighted by atomic mass is 32.1. The smallest absolute Gasteiger partial charge is 0.252 e. The van der Waals surface area contributed by atoms with E-state index in [-0.39, 0.29) is 23.0 Å². The SMILES string of the molecule is Cc1ccc(N(c2ccc(C)cc2)c2ccc3c(c2)N(c2ccc(C(C)(C)C)cc2)c2cc(C(C)(C)C)cc4c2B3c2cc(C(C)(C)C)ccc2N4c2cc(N(c3ccc(C)cc3)c3ccc(C)cc3)cc3c2sc2ccccc23)cc1. The van der Waals surface area contributed by atoms with Crippen LogP contribution < -0.4 is 36.0 Å². The zero-order valence-corrected chi connectivity index (χ0v) is 50.7. The number of benzene rings is 10. The number of hydrogen-bond donors (Lipinski definition) is 0. The van der Waals surface area contributed by atoms with E-state index in [2.05, 4.69) is 316 Å². The van der Waals surface area contributed by atoms with Gasteiger partial charge in [0.05, 0.1) is 10.4 Å². The van der Waals surface area contributed by atoms with Crippen LogP contribution in [0.5, 0.6) is 0 Å². The van der Waals surface area contributed by atoms with E-state index in [0.29, 0.717) is 0 Å². The van der Waals surface area contributed by atoms with Crippen LogP contribution >= 0.6 is 11.3 Å². The second kappa shape index (κ2) is 19.7. The number of rotatable bonds is 8. The van der Waals surface area contributed by atoms with Gasteiger partial charge in [0.15, 0.2) is 0 Å². The first-order valence-corrected chi connectivity index (χ1v) is 30.0. The maximum atomic E-state index is 2.67. The lowest BCUT2D eigenvalue weighted by Crippen LogP contribution is -2.61. The van der Waals surface area contributed by atoms with Gasteiger partial charge in [0.25, 0.3) is 6.71 Å². The molecule has 4 nitrogen and oxygen atoms in total. The van der Waals surface area contributed by atoms with Crippen molar-refractivity contribution in [3.63, 3.8) is 0 Å². The number of nitrogens with zero attached hydrogens (tertiary/aromatic N) is 4. The molecule has 2 aliphatic rings. The van der Waals surface area contributed by atoms with Gasteiger partial charge in [0, 0.05) is 78.0 Å². The molecule has 0 saturated heterocycles. The monoisotopic (exact) mass is 1080 g/mol. The lowest BCUT2D eigenvalue weighted by molar-refractivity contribution is 0.590. The van der Waals surface area contributed by atoms with E-state index < -0.39 is 0 Å². The Balaban J connectivity index is 1.14. The number of thiophene rings is 1. The molecule has 1 aromatic heterocycles. The van der Waals surface area contributed by atoms with Crippen LogP contribution in [0.25, 0.3) is 20.2 Å². The maximum Gasteiger partial charge on any atom is 0.252 e. The van der Waals surface area contributed by atoms with Crippen LogP contribution in [0.4, 0.5) is 68.2 Å². The standard InChI is InChI=1S/C76H73BN4S/c1-48-18-29-55(30-19-48)78(56-31-20-49(2)21-32-56)60-39-40-64-67(46-60)80(59-37-26-52(27-38-59)74(5,6)7)68-43-54(76(11,12)13)44-69-72(68)77(64)65-42-53(75(8,9)10)28-41-66(65)81(69)70-47-61(45-63-62-16-14-15-17-71(62)82-73(63)70)79(57-33-22-50(3)23-34-57)58-35-24-51(4)25-36-58/h14-47H,1-13H3. The van der Waals surface area contributed by atoms with Crippen molar-refractivity contribution in [2.24, 2.45) is 0 Å². The van der Waals surface area contributed by atoms with E-state index in [1.807, 2.05) is 11.3 Å². The number of anilines is 12. The maximum absolute atomic E-state index is 2.67. The number of fused-ring (bicyclic) bond motifs is 7. The first-order valence-electron chi connectivity index (χ1n) is 29.2. The molecule has 0 amide bonds. The van der Waals surface area contributed by atoms with Crippen LogP contribution in [0, 0.1) is 27.7 Å². The third-order valence-electron chi connectivity index (χ3n) is 17.1. The third kappa shape index (κ3) is 9.26. The Morgan fingerprint density at radius 3 is 1.33 bits per heavy atom. The summed E-state index contributed by atoms with van der Waals surface area (Å²) in [4.78, 5) is 10.2. The Labute approximate surface area is 491 Å². The predicted octanol–water partition coefficient (Wildman–Crippen LogP) is 20.2. The van der Waals surface area contributed by atoms with Gasteiger partial charge in [-0.2, -0.15) is 0 Å². The van der Waals surface area contributed by atoms with Crippen LogP contribution in [0.15, 0.2) is 206 Å². The first kappa shape index (κ1) is 53.0. The van der Waals surface area contributed by atoms with Gasteiger partial charge in [-0.1, -0.05) is 182 Å². The molecule has 13 rings (SSSR count). The first-order chi connectivity index (χ1) is 39.2. The zero-order valence-electron chi connectivity index (χ0n) is 49.9. The average molecular weight is 1090 g/mol. The summed E-state index contributed by atoms with van der Waals surface area (Å²) >= 11 is 1.91. The summed E-state index contributed by atoms with van der Waals surface area (Å²) in [6.45, 7) is 29.7. The van der Waals surface area contributed by atoms with Crippen LogP contribution in [0.3, 0.4) is 0 Å². The molecule has 2 aliphatic heterocycles. The van der Waals surface area contributed by atoms with E-state index in [4.69, 9.17) is 0 Å². The molecular formula is C76H73BN4S. The number of hydrogen-bond acceptors (Lipinski definition) is 5. The van der Waals surface area contributed by atoms with Gasteiger partial charge in [-0.25, -0.2) is 0 Å². The highest BCUT2D eigenvalue weighted by Gasteiger charge is 2.45. The summed E-state index contributed by atoms with van der Waals surface area (Å²) in [7, 11) is 0.